The van der Waals surface area contributed by atoms with E-state index in [9.17, 15) is 4.79 Å². The molecule has 8 heteroatoms. The number of benzene rings is 1. The summed E-state index contributed by atoms with van der Waals surface area (Å²) < 4.78 is 6.97. The summed E-state index contributed by atoms with van der Waals surface area (Å²) in [7, 11) is 0. The maximum absolute atomic E-state index is 12.8. The number of carbonyl (C=O) groups excluding carboxylic acids is 1. The largest absolute Gasteiger partial charge is 0.367 e. The van der Waals surface area contributed by atoms with Crippen molar-refractivity contribution < 1.29 is 9.32 Å². The molecular formula is C23H24N6O2. The van der Waals surface area contributed by atoms with Gasteiger partial charge in [0.25, 0.3) is 5.91 Å². The molecule has 1 fully saturated rings. The fourth-order valence-corrected chi connectivity index (χ4v) is 4.22. The number of fused-ring (bicyclic) bond motifs is 1. The lowest BCUT2D eigenvalue weighted by molar-refractivity contribution is 0.102. The molecule has 1 aliphatic rings. The SMILES string of the molecule is CCc1cc(NC(=O)c2ccc(C)c([C@@H]3CCN(c4cnn5cccnc45)C3)c2)no1. The summed E-state index contributed by atoms with van der Waals surface area (Å²) in [5.74, 6) is 1.34. The molecular weight excluding hydrogens is 392 g/mol. The standard InChI is InChI=1S/C23H24N6O2/c1-3-18-12-21(27-31-18)26-23(30)16-6-5-15(2)19(11-16)17-7-10-28(14-17)20-13-25-29-9-4-8-24-22(20)29/h4-6,8-9,11-13,17H,3,7,10,14H2,1-2H3,(H,26,27,30)/t17-/m1/s1. The van der Waals surface area contributed by atoms with E-state index in [0.717, 1.165) is 43.0 Å². The Balaban J connectivity index is 1.35. The third-order valence-electron chi connectivity index (χ3n) is 5.92. The molecule has 1 aliphatic heterocycles. The first-order chi connectivity index (χ1) is 15.1. The molecule has 158 valence electrons. The van der Waals surface area contributed by atoms with Crippen molar-refractivity contribution in [3.05, 3.63) is 71.4 Å². The van der Waals surface area contributed by atoms with Gasteiger partial charge < -0.3 is 14.7 Å². The van der Waals surface area contributed by atoms with Gasteiger partial charge in [0.15, 0.2) is 11.5 Å². The van der Waals surface area contributed by atoms with Gasteiger partial charge in [0.1, 0.15) is 11.4 Å². The number of nitrogens with one attached hydrogen (secondary N) is 1. The van der Waals surface area contributed by atoms with Crippen LogP contribution in [0.3, 0.4) is 0 Å². The average Bonchev–Trinajstić information content (AvgIpc) is 3.53. The molecule has 8 nitrogen and oxygen atoms in total. The molecule has 3 aromatic heterocycles. The maximum atomic E-state index is 12.8. The smallest absolute Gasteiger partial charge is 0.256 e. The Morgan fingerprint density at radius 2 is 2.23 bits per heavy atom. The molecule has 4 aromatic rings. The molecule has 0 radical (unpaired) electrons. The number of rotatable bonds is 5. The lowest BCUT2D eigenvalue weighted by atomic mass is 9.92. The first-order valence-corrected chi connectivity index (χ1v) is 10.5. The van der Waals surface area contributed by atoms with Crippen LogP contribution in [-0.2, 0) is 6.42 Å². The molecule has 1 saturated heterocycles. The molecule has 1 aromatic carbocycles. The summed E-state index contributed by atoms with van der Waals surface area (Å²) in [5, 5.41) is 11.1. The van der Waals surface area contributed by atoms with Crippen LogP contribution in [0.4, 0.5) is 11.5 Å². The third kappa shape index (κ3) is 3.65. The monoisotopic (exact) mass is 416 g/mol. The number of aromatic nitrogens is 4. The summed E-state index contributed by atoms with van der Waals surface area (Å²) in [6.07, 6.45) is 7.32. The molecule has 0 spiro atoms. The number of amides is 1. The van der Waals surface area contributed by atoms with Crippen LogP contribution >= 0.6 is 0 Å². The molecule has 0 bridgehead atoms. The van der Waals surface area contributed by atoms with Gasteiger partial charge in [-0.05, 0) is 42.7 Å². The Kier molecular flexibility index (Phi) is 4.89. The van der Waals surface area contributed by atoms with Crippen LogP contribution in [0.1, 0.15) is 46.5 Å². The number of nitrogens with zero attached hydrogens (tertiary/aromatic N) is 5. The van der Waals surface area contributed by atoms with E-state index in [2.05, 4.69) is 32.4 Å². The predicted molar refractivity (Wildman–Crippen MR) is 118 cm³/mol. The molecule has 1 atom stereocenters. The van der Waals surface area contributed by atoms with Crippen LogP contribution in [0.5, 0.6) is 0 Å². The lowest BCUT2D eigenvalue weighted by Crippen LogP contribution is -2.19. The fourth-order valence-electron chi connectivity index (χ4n) is 4.22. The number of anilines is 2. The first kappa shape index (κ1) is 19.3. The van der Waals surface area contributed by atoms with Crippen molar-refractivity contribution in [2.75, 3.05) is 23.3 Å². The van der Waals surface area contributed by atoms with E-state index < -0.39 is 0 Å². The number of hydrogen-bond donors (Lipinski definition) is 1. The molecule has 0 saturated carbocycles. The predicted octanol–water partition coefficient (Wildman–Crippen LogP) is 3.83. The Morgan fingerprint density at radius 1 is 1.32 bits per heavy atom. The Labute approximate surface area is 179 Å². The van der Waals surface area contributed by atoms with Crippen molar-refractivity contribution in [3.8, 4) is 0 Å². The van der Waals surface area contributed by atoms with Crippen molar-refractivity contribution in [2.45, 2.75) is 32.6 Å². The van der Waals surface area contributed by atoms with Gasteiger partial charge in [-0.2, -0.15) is 5.10 Å². The number of hydrogen-bond acceptors (Lipinski definition) is 6. The quantitative estimate of drug-likeness (QED) is 0.532. The molecule has 1 N–H and O–H groups in total. The summed E-state index contributed by atoms with van der Waals surface area (Å²) in [4.78, 5) is 19.6. The maximum Gasteiger partial charge on any atom is 0.256 e. The minimum atomic E-state index is -0.182. The highest BCUT2D eigenvalue weighted by Gasteiger charge is 2.28. The summed E-state index contributed by atoms with van der Waals surface area (Å²) in [6, 6.07) is 9.51. The van der Waals surface area contributed by atoms with Crippen molar-refractivity contribution in [1.82, 2.24) is 19.8 Å². The van der Waals surface area contributed by atoms with Gasteiger partial charge in [0.2, 0.25) is 0 Å². The van der Waals surface area contributed by atoms with Gasteiger partial charge in [0.05, 0.1) is 6.20 Å². The molecule has 0 aliphatic carbocycles. The summed E-state index contributed by atoms with van der Waals surface area (Å²) in [6.45, 7) is 5.87. The lowest BCUT2D eigenvalue weighted by Gasteiger charge is -2.18. The second-order valence-corrected chi connectivity index (χ2v) is 7.91. The second-order valence-electron chi connectivity index (χ2n) is 7.91. The van der Waals surface area contributed by atoms with Crippen LogP contribution in [0, 0.1) is 6.92 Å². The Morgan fingerprint density at radius 3 is 3.06 bits per heavy atom. The van der Waals surface area contributed by atoms with Crippen LogP contribution in [-0.4, -0.2) is 38.8 Å². The zero-order chi connectivity index (χ0) is 21.4. The highest BCUT2D eigenvalue weighted by atomic mass is 16.5. The number of carbonyl (C=O) groups is 1. The van der Waals surface area contributed by atoms with Gasteiger partial charge in [-0.1, -0.05) is 18.1 Å². The molecule has 0 unspecified atom stereocenters. The summed E-state index contributed by atoms with van der Waals surface area (Å²) >= 11 is 0. The average molecular weight is 416 g/mol. The third-order valence-corrected chi connectivity index (χ3v) is 5.92. The van der Waals surface area contributed by atoms with Gasteiger partial charge >= 0.3 is 0 Å². The molecule has 1 amide bonds. The topological polar surface area (TPSA) is 88.6 Å². The Hall–Kier alpha value is -3.68. The van der Waals surface area contributed by atoms with Crippen LogP contribution < -0.4 is 10.2 Å². The zero-order valence-corrected chi connectivity index (χ0v) is 17.6. The normalized spacial score (nSPS) is 16.2. The van der Waals surface area contributed by atoms with Crippen molar-refractivity contribution >= 4 is 23.1 Å². The highest BCUT2D eigenvalue weighted by molar-refractivity contribution is 6.03. The molecule has 5 rings (SSSR count). The van der Waals surface area contributed by atoms with E-state index in [-0.39, 0.29) is 5.91 Å². The van der Waals surface area contributed by atoms with E-state index in [1.165, 1.54) is 11.1 Å². The Bertz CT molecular complexity index is 1240. The fraction of sp³-hybridized carbons (Fsp3) is 0.304. The van der Waals surface area contributed by atoms with E-state index in [1.807, 2.05) is 43.6 Å². The first-order valence-electron chi connectivity index (χ1n) is 10.5. The van der Waals surface area contributed by atoms with Gasteiger partial charge in [-0.25, -0.2) is 9.50 Å². The van der Waals surface area contributed by atoms with E-state index >= 15 is 0 Å². The van der Waals surface area contributed by atoms with E-state index in [4.69, 9.17) is 4.52 Å². The summed E-state index contributed by atoms with van der Waals surface area (Å²) in [5.41, 5.74) is 4.93. The number of aryl methyl sites for hydroxylation is 2. The molecule has 31 heavy (non-hydrogen) atoms. The highest BCUT2D eigenvalue weighted by Crippen LogP contribution is 2.34. The van der Waals surface area contributed by atoms with Crippen molar-refractivity contribution in [3.63, 3.8) is 0 Å². The van der Waals surface area contributed by atoms with Crippen molar-refractivity contribution in [2.24, 2.45) is 0 Å². The van der Waals surface area contributed by atoms with Crippen molar-refractivity contribution in [1.29, 1.82) is 0 Å². The van der Waals surface area contributed by atoms with Crippen LogP contribution in [0.2, 0.25) is 0 Å². The zero-order valence-electron chi connectivity index (χ0n) is 17.6. The van der Waals surface area contributed by atoms with Gasteiger partial charge in [0, 0.05) is 49.5 Å². The van der Waals surface area contributed by atoms with E-state index in [0.29, 0.717) is 17.3 Å². The minimum absolute atomic E-state index is 0.182. The van der Waals surface area contributed by atoms with Crippen LogP contribution in [0.25, 0.3) is 5.65 Å². The van der Waals surface area contributed by atoms with Gasteiger partial charge in [-0.15, -0.1) is 0 Å². The van der Waals surface area contributed by atoms with Gasteiger partial charge in [-0.3, -0.25) is 4.79 Å². The van der Waals surface area contributed by atoms with Crippen LogP contribution in [0.15, 0.2) is 53.4 Å². The molecule has 4 heterocycles. The second kappa shape index (κ2) is 7.86. The van der Waals surface area contributed by atoms with E-state index in [1.54, 1.807) is 16.8 Å². The minimum Gasteiger partial charge on any atom is -0.367 e.